The number of aryl methyl sites for hydroxylation is 1. The number of esters is 1. The van der Waals surface area contributed by atoms with Crippen LogP contribution in [0.4, 0.5) is 5.69 Å². The SMILES string of the molecule is COC(=O)COc1ccc(NC(=O)c2csc(CCN)n2)c(C)c1. The maximum atomic E-state index is 12.2. The fourth-order valence-corrected chi connectivity index (χ4v) is 2.70. The van der Waals surface area contributed by atoms with Crippen LogP contribution in [0.5, 0.6) is 5.75 Å². The summed E-state index contributed by atoms with van der Waals surface area (Å²) in [6.07, 6.45) is 0.656. The Kier molecular flexibility index (Phi) is 6.28. The largest absolute Gasteiger partial charge is 0.482 e. The van der Waals surface area contributed by atoms with Crippen molar-refractivity contribution in [2.45, 2.75) is 13.3 Å². The lowest BCUT2D eigenvalue weighted by Gasteiger charge is -2.10. The molecule has 7 nitrogen and oxygen atoms in total. The summed E-state index contributed by atoms with van der Waals surface area (Å²) in [4.78, 5) is 27.6. The fraction of sp³-hybridized carbons (Fsp3) is 0.312. The fourth-order valence-electron chi connectivity index (χ4n) is 1.91. The number of amides is 1. The van der Waals surface area contributed by atoms with E-state index in [4.69, 9.17) is 10.5 Å². The molecular formula is C16H19N3O4S. The highest BCUT2D eigenvalue weighted by Crippen LogP contribution is 2.22. The Bertz CT molecular complexity index is 730. The van der Waals surface area contributed by atoms with Gasteiger partial charge in [0.2, 0.25) is 0 Å². The molecule has 24 heavy (non-hydrogen) atoms. The summed E-state index contributed by atoms with van der Waals surface area (Å²) in [7, 11) is 1.30. The van der Waals surface area contributed by atoms with E-state index >= 15 is 0 Å². The van der Waals surface area contributed by atoms with Crippen LogP contribution in [-0.2, 0) is 16.0 Å². The van der Waals surface area contributed by atoms with E-state index in [1.807, 2.05) is 6.92 Å². The average molecular weight is 349 g/mol. The summed E-state index contributed by atoms with van der Waals surface area (Å²) in [5, 5.41) is 5.36. The number of nitrogens with one attached hydrogen (secondary N) is 1. The van der Waals surface area contributed by atoms with Gasteiger partial charge in [0.1, 0.15) is 11.4 Å². The normalized spacial score (nSPS) is 10.3. The van der Waals surface area contributed by atoms with E-state index in [0.29, 0.717) is 30.1 Å². The summed E-state index contributed by atoms with van der Waals surface area (Å²) in [5.41, 5.74) is 7.31. The molecule has 1 amide bonds. The number of rotatable bonds is 7. The molecule has 0 aliphatic rings. The van der Waals surface area contributed by atoms with E-state index in [-0.39, 0.29) is 12.5 Å². The highest BCUT2D eigenvalue weighted by Gasteiger charge is 2.12. The van der Waals surface area contributed by atoms with Crippen molar-refractivity contribution in [2.24, 2.45) is 5.73 Å². The third-order valence-corrected chi connectivity index (χ3v) is 4.08. The van der Waals surface area contributed by atoms with Gasteiger partial charge in [-0.15, -0.1) is 11.3 Å². The van der Waals surface area contributed by atoms with E-state index in [1.54, 1.807) is 23.6 Å². The molecule has 2 aromatic rings. The predicted octanol–water partition coefficient (Wildman–Crippen LogP) is 1.76. The topological polar surface area (TPSA) is 104 Å². The molecule has 1 aromatic carbocycles. The number of benzene rings is 1. The number of methoxy groups -OCH3 is 1. The van der Waals surface area contributed by atoms with E-state index in [0.717, 1.165) is 10.6 Å². The molecule has 0 spiro atoms. The first kappa shape index (κ1) is 17.9. The van der Waals surface area contributed by atoms with E-state index in [2.05, 4.69) is 15.0 Å². The van der Waals surface area contributed by atoms with Gasteiger partial charge in [0, 0.05) is 17.5 Å². The quantitative estimate of drug-likeness (QED) is 0.738. The van der Waals surface area contributed by atoms with Crippen LogP contribution in [0, 0.1) is 6.92 Å². The third kappa shape index (κ3) is 4.77. The van der Waals surface area contributed by atoms with Crippen LogP contribution in [0.25, 0.3) is 0 Å². The first-order valence-corrected chi connectivity index (χ1v) is 8.17. The second-order valence-corrected chi connectivity index (χ2v) is 5.90. The highest BCUT2D eigenvalue weighted by molar-refractivity contribution is 7.09. The zero-order valence-corrected chi connectivity index (χ0v) is 14.3. The van der Waals surface area contributed by atoms with Gasteiger partial charge in [-0.25, -0.2) is 9.78 Å². The number of carbonyl (C=O) groups is 2. The number of hydrogen-bond acceptors (Lipinski definition) is 7. The second-order valence-electron chi connectivity index (χ2n) is 4.96. The van der Waals surface area contributed by atoms with Crippen LogP contribution in [0.1, 0.15) is 21.1 Å². The molecule has 0 bridgehead atoms. The second kappa shape index (κ2) is 8.42. The number of thiazole rings is 1. The van der Waals surface area contributed by atoms with E-state index in [9.17, 15) is 9.59 Å². The minimum absolute atomic E-state index is 0.162. The minimum Gasteiger partial charge on any atom is -0.482 e. The minimum atomic E-state index is -0.457. The molecule has 0 aliphatic carbocycles. The van der Waals surface area contributed by atoms with Crippen molar-refractivity contribution in [3.05, 3.63) is 39.8 Å². The van der Waals surface area contributed by atoms with Gasteiger partial charge in [0.25, 0.3) is 5.91 Å². The van der Waals surface area contributed by atoms with Crippen molar-refractivity contribution in [3.8, 4) is 5.75 Å². The molecule has 2 rings (SSSR count). The van der Waals surface area contributed by atoms with Gasteiger partial charge in [-0.2, -0.15) is 0 Å². The molecule has 3 N–H and O–H groups in total. The van der Waals surface area contributed by atoms with Gasteiger partial charge < -0.3 is 20.5 Å². The van der Waals surface area contributed by atoms with Crippen LogP contribution >= 0.6 is 11.3 Å². The molecule has 1 aromatic heterocycles. The van der Waals surface area contributed by atoms with Crippen LogP contribution in [-0.4, -0.2) is 37.1 Å². The van der Waals surface area contributed by atoms with Crippen LogP contribution in [0.3, 0.4) is 0 Å². The van der Waals surface area contributed by atoms with Crippen molar-refractivity contribution in [3.63, 3.8) is 0 Å². The van der Waals surface area contributed by atoms with Gasteiger partial charge in [0.15, 0.2) is 6.61 Å². The molecule has 1 heterocycles. The smallest absolute Gasteiger partial charge is 0.343 e. The summed E-state index contributed by atoms with van der Waals surface area (Å²) in [6.45, 7) is 2.17. The van der Waals surface area contributed by atoms with Crippen LogP contribution < -0.4 is 15.8 Å². The van der Waals surface area contributed by atoms with Gasteiger partial charge in [0.05, 0.1) is 12.1 Å². The number of hydrogen-bond donors (Lipinski definition) is 2. The van der Waals surface area contributed by atoms with Gasteiger partial charge in [-0.1, -0.05) is 0 Å². The molecule has 128 valence electrons. The first-order valence-electron chi connectivity index (χ1n) is 7.29. The monoisotopic (exact) mass is 349 g/mol. The Morgan fingerprint density at radius 3 is 2.83 bits per heavy atom. The Labute approximate surface area is 143 Å². The van der Waals surface area contributed by atoms with Crippen LogP contribution in [0.2, 0.25) is 0 Å². The first-order chi connectivity index (χ1) is 11.5. The van der Waals surface area contributed by atoms with E-state index in [1.165, 1.54) is 18.4 Å². The Balaban J connectivity index is 2.01. The van der Waals surface area contributed by atoms with Crippen molar-refractivity contribution in [2.75, 3.05) is 25.6 Å². The standard InChI is InChI=1S/C16H19N3O4S/c1-10-7-11(23-8-15(20)22-2)3-4-12(10)19-16(21)13-9-24-14(18-13)5-6-17/h3-4,7,9H,5-6,8,17H2,1-2H3,(H,19,21). The van der Waals surface area contributed by atoms with Crippen molar-refractivity contribution in [1.82, 2.24) is 4.98 Å². The number of aromatic nitrogens is 1. The zero-order valence-electron chi connectivity index (χ0n) is 13.5. The zero-order chi connectivity index (χ0) is 17.5. The Morgan fingerprint density at radius 2 is 2.17 bits per heavy atom. The third-order valence-electron chi connectivity index (χ3n) is 3.17. The number of nitrogens with two attached hydrogens (primary N) is 1. The lowest BCUT2D eigenvalue weighted by molar-refractivity contribution is -0.142. The molecule has 0 saturated heterocycles. The summed E-state index contributed by atoms with van der Waals surface area (Å²) >= 11 is 1.42. The summed E-state index contributed by atoms with van der Waals surface area (Å²) in [6, 6.07) is 5.12. The predicted molar refractivity (Wildman–Crippen MR) is 91.5 cm³/mol. The highest BCUT2D eigenvalue weighted by atomic mass is 32.1. The molecule has 0 saturated carbocycles. The number of nitrogens with zero attached hydrogens (tertiary/aromatic N) is 1. The summed E-state index contributed by atoms with van der Waals surface area (Å²) in [5.74, 6) is -0.211. The maximum absolute atomic E-state index is 12.2. The lowest BCUT2D eigenvalue weighted by atomic mass is 10.2. The van der Waals surface area contributed by atoms with Crippen LogP contribution in [0.15, 0.2) is 23.6 Å². The molecular weight excluding hydrogens is 330 g/mol. The van der Waals surface area contributed by atoms with Gasteiger partial charge in [-0.3, -0.25) is 4.79 Å². The lowest BCUT2D eigenvalue weighted by Crippen LogP contribution is -2.14. The number of ether oxygens (including phenoxy) is 2. The number of anilines is 1. The van der Waals surface area contributed by atoms with Crippen molar-refractivity contribution in [1.29, 1.82) is 0 Å². The molecule has 0 atom stereocenters. The average Bonchev–Trinajstić information content (AvgIpc) is 3.04. The van der Waals surface area contributed by atoms with Crippen molar-refractivity contribution >= 4 is 28.9 Å². The van der Waals surface area contributed by atoms with Crippen molar-refractivity contribution < 1.29 is 19.1 Å². The molecule has 0 unspecified atom stereocenters. The number of carbonyl (C=O) groups excluding carboxylic acids is 2. The maximum Gasteiger partial charge on any atom is 0.343 e. The molecule has 0 fully saturated rings. The van der Waals surface area contributed by atoms with Gasteiger partial charge >= 0.3 is 5.97 Å². The van der Waals surface area contributed by atoms with Gasteiger partial charge in [-0.05, 0) is 37.2 Å². The molecule has 0 radical (unpaired) electrons. The molecule has 0 aliphatic heterocycles. The Morgan fingerprint density at radius 1 is 1.38 bits per heavy atom. The van der Waals surface area contributed by atoms with E-state index < -0.39 is 5.97 Å². The summed E-state index contributed by atoms with van der Waals surface area (Å²) < 4.78 is 9.82. The molecule has 8 heteroatoms. The Hall–Kier alpha value is -2.45.